The highest BCUT2D eigenvalue weighted by molar-refractivity contribution is 8.18. The fourth-order valence-corrected chi connectivity index (χ4v) is 3.50. The summed E-state index contributed by atoms with van der Waals surface area (Å²) in [5.74, 6) is -0.689. The number of hydrogen-bond donors (Lipinski definition) is 1. The Morgan fingerprint density at radius 3 is 2.60 bits per heavy atom. The molecule has 3 rings (SSSR count). The SMILES string of the molecule is COC(=O)c1ccc(/C=C2\SC(=O)N(C[NH+]3CCOCC3)C2=O)cc1. The molecule has 7 nitrogen and oxygen atoms in total. The minimum Gasteiger partial charge on any atom is -0.465 e. The fourth-order valence-electron chi connectivity index (χ4n) is 2.66. The van der Waals surface area contributed by atoms with Crippen LogP contribution in [-0.4, -0.2) is 62.1 Å². The molecule has 1 N–H and O–H groups in total. The number of benzene rings is 1. The lowest BCUT2D eigenvalue weighted by atomic mass is 10.1. The molecule has 2 aliphatic heterocycles. The van der Waals surface area contributed by atoms with Crippen LogP contribution in [0.1, 0.15) is 15.9 Å². The number of amides is 2. The molecule has 2 fully saturated rings. The highest BCUT2D eigenvalue weighted by Crippen LogP contribution is 2.31. The van der Waals surface area contributed by atoms with Gasteiger partial charge in [-0.05, 0) is 35.5 Å². The van der Waals surface area contributed by atoms with Crippen LogP contribution in [0, 0.1) is 0 Å². The Hall–Kier alpha value is -2.16. The van der Waals surface area contributed by atoms with Gasteiger partial charge in [-0.1, -0.05) is 12.1 Å². The second-order valence-electron chi connectivity index (χ2n) is 5.74. The molecule has 0 atom stereocenters. The predicted octanol–water partition coefficient (Wildman–Crippen LogP) is 0.382. The lowest BCUT2D eigenvalue weighted by Crippen LogP contribution is -3.15. The molecular formula is C17H19N2O5S+. The number of methoxy groups -OCH3 is 1. The molecule has 0 spiro atoms. The number of esters is 1. The van der Waals surface area contributed by atoms with E-state index in [0.29, 0.717) is 30.4 Å². The molecule has 8 heteroatoms. The van der Waals surface area contributed by atoms with Gasteiger partial charge in [-0.25, -0.2) is 9.69 Å². The first kappa shape index (κ1) is 17.7. The lowest BCUT2D eigenvalue weighted by molar-refractivity contribution is -0.915. The molecule has 2 amide bonds. The molecule has 2 aliphatic rings. The summed E-state index contributed by atoms with van der Waals surface area (Å²) in [6, 6.07) is 6.68. The average Bonchev–Trinajstić information content (AvgIpc) is 2.90. The fraction of sp³-hybridized carbons (Fsp3) is 0.353. The molecule has 132 valence electrons. The molecule has 1 aromatic carbocycles. The third-order valence-corrected chi connectivity index (χ3v) is 4.99. The van der Waals surface area contributed by atoms with Crippen molar-refractivity contribution in [1.82, 2.24) is 4.90 Å². The van der Waals surface area contributed by atoms with Crippen LogP contribution in [0.25, 0.3) is 6.08 Å². The highest BCUT2D eigenvalue weighted by Gasteiger charge is 2.37. The zero-order valence-electron chi connectivity index (χ0n) is 13.8. The van der Waals surface area contributed by atoms with Crippen LogP contribution in [0.2, 0.25) is 0 Å². The monoisotopic (exact) mass is 363 g/mol. The summed E-state index contributed by atoms with van der Waals surface area (Å²) in [6.45, 7) is 3.24. The Morgan fingerprint density at radius 1 is 1.28 bits per heavy atom. The van der Waals surface area contributed by atoms with E-state index in [0.717, 1.165) is 35.3 Å². The first-order chi connectivity index (χ1) is 12.1. The van der Waals surface area contributed by atoms with Crippen molar-refractivity contribution in [2.24, 2.45) is 0 Å². The van der Waals surface area contributed by atoms with Crippen molar-refractivity contribution in [3.8, 4) is 0 Å². The summed E-state index contributed by atoms with van der Waals surface area (Å²) in [4.78, 5) is 39.0. The van der Waals surface area contributed by atoms with E-state index in [9.17, 15) is 14.4 Å². The number of ether oxygens (including phenoxy) is 2. The molecular weight excluding hydrogens is 344 g/mol. The van der Waals surface area contributed by atoms with E-state index in [2.05, 4.69) is 4.74 Å². The Balaban J connectivity index is 1.70. The van der Waals surface area contributed by atoms with Crippen molar-refractivity contribution in [2.45, 2.75) is 0 Å². The van der Waals surface area contributed by atoms with Crippen LogP contribution < -0.4 is 4.90 Å². The maximum atomic E-state index is 12.5. The molecule has 0 aromatic heterocycles. The predicted molar refractivity (Wildman–Crippen MR) is 92.0 cm³/mol. The average molecular weight is 363 g/mol. The third kappa shape index (κ3) is 4.09. The maximum absolute atomic E-state index is 12.5. The Bertz CT molecular complexity index is 710. The van der Waals surface area contributed by atoms with Gasteiger partial charge in [-0.3, -0.25) is 9.59 Å². The van der Waals surface area contributed by atoms with Crippen LogP contribution in [0.15, 0.2) is 29.2 Å². The van der Waals surface area contributed by atoms with Gasteiger partial charge in [0.1, 0.15) is 13.1 Å². The van der Waals surface area contributed by atoms with Crippen molar-refractivity contribution in [1.29, 1.82) is 0 Å². The first-order valence-corrected chi connectivity index (χ1v) is 8.75. The molecule has 0 aliphatic carbocycles. The normalized spacial score (nSPS) is 20.4. The van der Waals surface area contributed by atoms with E-state index < -0.39 is 5.97 Å². The molecule has 25 heavy (non-hydrogen) atoms. The van der Waals surface area contributed by atoms with Gasteiger partial charge < -0.3 is 14.4 Å². The largest absolute Gasteiger partial charge is 0.465 e. The van der Waals surface area contributed by atoms with Crippen molar-refractivity contribution >= 4 is 35.0 Å². The quantitative estimate of drug-likeness (QED) is 0.616. The topological polar surface area (TPSA) is 77.3 Å². The molecule has 2 saturated heterocycles. The van der Waals surface area contributed by atoms with E-state index in [1.807, 2.05) is 0 Å². The number of carbonyl (C=O) groups is 3. The minimum absolute atomic E-state index is 0.249. The van der Waals surface area contributed by atoms with Crippen LogP contribution in [-0.2, 0) is 14.3 Å². The summed E-state index contributed by atoms with van der Waals surface area (Å²) in [5.41, 5.74) is 1.18. The van der Waals surface area contributed by atoms with E-state index >= 15 is 0 Å². The number of thioether (sulfide) groups is 1. The second kappa shape index (κ2) is 7.81. The van der Waals surface area contributed by atoms with E-state index in [1.54, 1.807) is 30.3 Å². The Morgan fingerprint density at radius 2 is 1.96 bits per heavy atom. The summed E-state index contributed by atoms with van der Waals surface area (Å²) < 4.78 is 9.95. The van der Waals surface area contributed by atoms with E-state index in [1.165, 1.54) is 12.0 Å². The van der Waals surface area contributed by atoms with Crippen molar-refractivity contribution in [3.63, 3.8) is 0 Å². The van der Waals surface area contributed by atoms with Crippen LogP contribution >= 0.6 is 11.8 Å². The summed E-state index contributed by atoms with van der Waals surface area (Å²) in [5, 5.41) is -0.249. The Kier molecular flexibility index (Phi) is 5.52. The molecule has 0 bridgehead atoms. The van der Waals surface area contributed by atoms with Crippen molar-refractivity contribution in [2.75, 3.05) is 40.1 Å². The van der Waals surface area contributed by atoms with Gasteiger partial charge in [0.15, 0.2) is 6.67 Å². The molecule has 2 heterocycles. The van der Waals surface area contributed by atoms with Gasteiger partial charge >= 0.3 is 5.97 Å². The van der Waals surface area contributed by atoms with Crippen molar-refractivity contribution in [3.05, 3.63) is 40.3 Å². The molecule has 0 saturated carbocycles. The van der Waals surface area contributed by atoms with E-state index in [4.69, 9.17) is 4.74 Å². The zero-order chi connectivity index (χ0) is 17.8. The number of quaternary nitrogens is 1. The smallest absolute Gasteiger partial charge is 0.337 e. The third-order valence-electron chi connectivity index (χ3n) is 4.08. The number of rotatable bonds is 4. The van der Waals surface area contributed by atoms with Gasteiger partial charge in [-0.15, -0.1) is 0 Å². The second-order valence-corrected chi connectivity index (χ2v) is 6.74. The standard InChI is InChI=1S/C17H18N2O5S/c1-23-16(21)13-4-2-12(3-5-13)10-14-15(20)19(17(22)25-14)11-18-6-8-24-9-7-18/h2-5,10H,6-9,11H2,1H3/p+1/b14-10-. The van der Waals surface area contributed by atoms with Crippen molar-refractivity contribution < 1.29 is 28.8 Å². The number of carbonyl (C=O) groups excluding carboxylic acids is 3. The van der Waals surface area contributed by atoms with E-state index in [-0.39, 0.29) is 11.1 Å². The van der Waals surface area contributed by atoms with Gasteiger partial charge in [0.05, 0.1) is 30.8 Å². The molecule has 1 aromatic rings. The number of nitrogens with zero attached hydrogens (tertiary/aromatic N) is 1. The van der Waals surface area contributed by atoms with Gasteiger partial charge in [0.2, 0.25) is 0 Å². The molecule has 0 radical (unpaired) electrons. The molecule has 0 unspecified atom stereocenters. The maximum Gasteiger partial charge on any atom is 0.337 e. The number of nitrogens with one attached hydrogen (secondary N) is 1. The Labute approximate surface area is 149 Å². The number of morpholine rings is 1. The minimum atomic E-state index is -0.416. The summed E-state index contributed by atoms with van der Waals surface area (Å²) in [6.07, 6.45) is 1.67. The zero-order valence-corrected chi connectivity index (χ0v) is 14.6. The number of hydrogen-bond acceptors (Lipinski definition) is 6. The van der Waals surface area contributed by atoms with Gasteiger partial charge in [0, 0.05) is 0 Å². The van der Waals surface area contributed by atoms with Crippen LogP contribution in [0.4, 0.5) is 4.79 Å². The highest BCUT2D eigenvalue weighted by atomic mass is 32.2. The number of imide groups is 1. The lowest BCUT2D eigenvalue weighted by Gasteiger charge is -2.26. The van der Waals surface area contributed by atoms with Gasteiger partial charge in [-0.2, -0.15) is 0 Å². The van der Waals surface area contributed by atoms with Gasteiger partial charge in [0.25, 0.3) is 11.1 Å². The summed E-state index contributed by atoms with van der Waals surface area (Å²) in [7, 11) is 1.32. The van der Waals surface area contributed by atoms with Crippen LogP contribution in [0.5, 0.6) is 0 Å². The van der Waals surface area contributed by atoms with Crippen LogP contribution in [0.3, 0.4) is 0 Å². The first-order valence-electron chi connectivity index (χ1n) is 7.93. The summed E-state index contributed by atoms with van der Waals surface area (Å²) >= 11 is 0.943.